The zero-order chi connectivity index (χ0) is 9.14. The van der Waals surface area contributed by atoms with Gasteiger partial charge in [0.1, 0.15) is 0 Å². The Kier molecular flexibility index (Phi) is 2.58. The Balaban J connectivity index is 3.05. The first-order valence-electron chi connectivity index (χ1n) is 3.81. The zero-order valence-corrected chi connectivity index (χ0v) is 7.23. The van der Waals surface area contributed by atoms with E-state index in [4.69, 9.17) is 0 Å². The number of carbonyl (C=O) groups is 1. The molecule has 0 bridgehead atoms. The highest BCUT2D eigenvalue weighted by Crippen LogP contribution is 2.10. The third-order valence-corrected chi connectivity index (χ3v) is 1.95. The molecule has 0 atom stereocenters. The van der Waals surface area contributed by atoms with E-state index >= 15 is 0 Å². The van der Waals surface area contributed by atoms with Crippen LogP contribution in [0, 0.1) is 13.8 Å². The van der Waals surface area contributed by atoms with E-state index in [2.05, 4.69) is 0 Å². The highest BCUT2D eigenvalue weighted by Gasteiger charge is 2.04. The van der Waals surface area contributed by atoms with E-state index in [-0.39, 0.29) is 0 Å². The first kappa shape index (κ1) is 8.91. The number of halogens is 1. The highest BCUT2D eigenvalue weighted by atomic mass is 19.1. The summed E-state index contributed by atoms with van der Waals surface area (Å²) in [5.74, 6) is -0.446. The van der Waals surface area contributed by atoms with Crippen molar-refractivity contribution in [2.24, 2.45) is 0 Å². The number of carbonyl (C=O) groups excluding carboxylic acids is 1. The summed E-state index contributed by atoms with van der Waals surface area (Å²) in [5.41, 5.74) is 2.60. The van der Waals surface area contributed by atoms with Gasteiger partial charge in [-0.15, -0.1) is 0 Å². The molecule has 1 rings (SSSR count). The lowest BCUT2D eigenvalue weighted by molar-refractivity contribution is 0.0958. The van der Waals surface area contributed by atoms with Gasteiger partial charge >= 0.3 is 0 Å². The van der Waals surface area contributed by atoms with E-state index in [1.54, 1.807) is 12.1 Å². The van der Waals surface area contributed by atoms with Gasteiger partial charge in [0, 0.05) is 5.56 Å². The molecule has 2 heteroatoms. The van der Waals surface area contributed by atoms with Gasteiger partial charge in [0.15, 0.2) is 12.5 Å². The van der Waals surface area contributed by atoms with Crippen molar-refractivity contribution in [3.63, 3.8) is 0 Å². The predicted octanol–water partition coefficient (Wildman–Crippen LogP) is 2.46. The first-order chi connectivity index (χ1) is 5.65. The second-order valence-electron chi connectivity index (χ2n) is 2.86. The van der Waals surface area contributed by atoms with E-state index in [1.165, 1.54) is 0 Å². The van der Waals surface area contributed by atoms with Crippen LogP contribution in [-0.4, -0.2) is 12.5 Å². The van der Waals surface area contributed by atoms with Crippen LogP contribution < -0.4 is 0 Å². The molecule has 0 fully saturated rings. The zero-order valence-electron chi connectivity index (χ0n) is 7.23. The average Bonchev–Trinajstić information content (AvgIpc) is 2.08. The van der Waals surface area contributed by atoms with Crippen LogP contribution >= 0.6 is 0 Å². The molecule has 0 saturated carbocycles. The molecule has 0 aromatic heterocycles. The van der Waals surface area contributed by atoms with Gasteiger partial charge in [-0.1, -0.05) is 12.1 Å². The summed E-state index contributed by atoms with van der Waals surface area (Å²) >= 11 is 0. The smallest absolute Gasteiger partial charge is 0.193 e. The minimum absolute atomic E-state index is 0.446. The summed E-state index contributed by atoms with van der Waals surface area (Å²) < 4.78 is 12.0. The molecule has 0 aliphatic rings. The van der Waals surface area contributed by atoms with Crippen LogP contribution in [0.5, 0.6) is 0 Å². The van der Waals surface area contributed by atoms with Crippen LogP contribution in [0.2, 0.25) is 0 Å². The van der Waals surface area contributed by atoms with Gasteiger partial charge in [0.2, 0.25) is 0 Å². The number of hydrogen-bond donors (Lipinski definition) is 0. The minimum Gasteiger partial charge on any atom is -0.291 e. The maximum atomic E-state index is 12.0. The Bertz CT molecular complexity index is 305. The van der Waals surface area contributed by atoms with Crippen molar-refractivity contribution in [2.75, 3.05) is 6.67 Å². The van der Waals surface area contributed by atoms with E-state index in [1.807, 2.05) is 19.9 Å². The van der Waals surface area contributed by atoms with Crippen LogP contribution in [0.4, 0.5) is 4.39 Å². The second kappa shape index (κ2) is 3.48. The van der Waals surface area contributed by atoms with Crippen molar-refractivity contribution in [3.8, 4) is 0 Å². The Morgan fingerprint density at radius 3 is 2.50 bits per heavy atom. The average molecular weight is 166 g/mol. The molecule has 0 heterocycles. The summed E-state index contributed by atoms with van der Waals surface area (Å²) in [7, 11) is 0. The lowest BCUT2D eigenvalue weighted by Gasteiger charge is -2.01. The second-order valence-corrected chi connectivity index (χ2v) is 2.86. The maximum Gasteiger partial charge on any atom is 0.193 e. The molecule has 64 valence electrons. The third kappa shape index (κ3) is 1.70. The van der Waals surface area contributed by atoms with E-state index in [9.17, 15) is 9.18 Å². The maximum absolute atomic E-state index is 12.0. The standard InChI is InChI=1S/C10H11FO/c1-7-3-4-9(5-8(7)2)10(12)6-11/h3-5H,6H2,1-2H3. The summed E-state index contributed by atoms with van der Waals surface area (Å²) in [4.78, 5) is 10.9. The van der Waals surface area contributed by atoms with Gasteiger partial charge in [0.05, 0.1) is 0 Å². The fraction of sp³-hybridized carbons (Fsp3) is 0.300. The SMILES string of the molecule is Cc1ccc(C(=O)CF)cc1C. The van der Waals surface area contributed by atoms with E-state index in [0.717, 1.165) is 11.1 Å². The molecule has 0 spiro atoms. The Morgan fingerprint density at radius 2 is 2.00 bits per heavy atom. The number of Topliss-reactive ketones (excluding diaryl/α,β-unsaturated/α-hetero) is 1. The van der Waals surface area contributed by atoms with Crippen LogP contribution in [-0.2, 0) is 0 Å². The summed E-state index contributed by atoms with van der Waals surface area (Å²) in [6.45, 7) is 2.95. The predicted molar refractivity (Wildman–Crippen MR) is 46.2 cm³/mol. The van der Waals surface area contributed by atoms with Crippen LogP contribution in [0.25, 0.3) is 0 Å². The van der Waals surface area contributed by atoms with Crippen LogP contribution in [0.15, 0.2) is 18.2 Å². The van der Waals surface area contributed by atoms with Crippen molar-refractivity contribution in [2.45, 2.75) is 13.8 Å². The molecule has 0 amide bonds. The quantitative estimate of drug-likeness (QED) is 0.617. The number of benzene rings is 1. The molecule has 0 unspecified atom stereocenters. The topological polar surface area (TPSA) is 17.1 Å². The molecule has 0 aliphatic heterocycles. The van der Waals surface area contributed by atoms with Crippen molar-refractivity contribution in [3.05, 3.63) is 34.9 Å². The monoisotopic (exact) mass is 166 g/mol. The molecule has 1 aromatic carbocycles. The van der Waals surface area contributed by atoms with Gasteiger partial charge in [-0.25, -0.2) is 4.39 Å². The molecule has 0 N–H and O–H groups in total. The number of ketones is 1. The fourth-order valence-electron chi connectivity index (χ4n) is 0.992. The number of alkyl halides is 1. The molecule has 0 saturated heterocycles. The van der Waals surface area contributed by atoms with Crippen molar-refractivity contribution in [1.82, 2.24) is 0 Å². The summed E-state index contributed by atoms with van der Waals surface area (Å²) in [5, 5.41) is 0. The van der Waals surface area contributed by atoms with E-state index < -0.39 is 12.5 Å². The minimum atomic E-state index is -0.914. The normalized spacial score (nSPS) is 9.92. The van der Waals surface area contributed by atoms with Crippen molar-refractivity contribution in [1.29, 1.82) is 0 Å². The first-order valence-corrected chi connectivity index (χ1v) is 3.81. The number of aryl methyl sites for hydroxylation is 2. The Morgan fingerprint density at radius 1 is 1.33 bits per heavy atom. The Hall–Kier alpha value is -1.18. The fourth-order valence-corrected chi connectivity index (χ4v) is 0.992. The van der Waals surface area contributed by atoms with Gasteiger partial charge < -0.3 is 0 Å². The molecule has 0 aliphatic carbocycles. The molecular formula is C10H11FO. The summed E-state index contributed by atoms with van der Waals surface area (Å²) in [6.07, 6.45) is 0. The van der Waals surface area contributed by atoms with Gasteiger partial charge in [-0.05, 0) is 31.0 Å². The van der Waals surface area contributed by atoms with E-state index in [0.29, 0.717) is 5.56 Å². The van der Waals surface area contributed by atoms with Crippen molar-refractivity contribution >= 4 is 5.78 Å². The van der Waals surface area contributed by atoms with Crippen molar-refractivity contribution < 1.29 is 9.18 Å². The highest BCUT2D eigenvalue weighted by molar-refractivity contribution is 5.97. The lowest BCUT2D eigenvalue weighted by atomic mass is 10.0. The largest absolute Gasteiger partial charge is 0.291 e. The van der Waals surface area contributed by atoms with Gasteiger partial charge in [-0.3, -0.25) is 4.79 Å². The molecule has 1 nitrogen and oxygen atoms in total. The molecule has 0 radical (unpaired) electrons. The number of hydrogen-bond acceptors (Lipinski definition) is 1. The lowest BCUT2D eigenvalue weighted by Crippen LogP contribution is -2.01. The third-order valence-electron chi connectivity index (χ3n) is 1.95. The van der Waals surface area contributed by atoms with Gasteiger partial charge in [-0.2, -0.15) is 0 Å². The number of rotatable bonds is 2. The molecule has 1 aromatic rings. The van der Waals surface area contributed by atoms with Crippen LogP contribution in [0.1, 0.15) is 21.5 Å². The Labute approximate surface area is 71.2 Å². The molecular weight excluding hydrogens is 155 g/mol. The van der Waals surface area contributed by atoms with Gasteiger partial charge in [0.25, 0.3) is 0 Å². The molecule has 12 heavy (non-hydrogen) atoms. The van der Waals surface area contributed by atoms with Crippen LogP contribution in [0.3, 0.4) is 0 Å². The summed E-state index contributed by atoms with van der Waals surface area (Å²) in [6, 6.07) is 5.21.